The summed E-state index contributed by atoms with van der Waals surface area (Å²) in [4.78, 5) is 23.3. The first-order chi connectivity index (χ1) is 10.5. The summed E-state index contributed by atoms with van der Waals surface area (Å²) in [5.74, 6) is -0.0276. The van der Waals surface area contributed by atoms with E-state index in [1.54, 1.807) is 12.1 Å². The smallest absolute Gasteiger partial charge is 0.338 e. The molecule has 0 aliphatic rings. The van der Waals surface area contributed by atoms with Gasteiger partial charge in [-0.2, -0.15) is 0 Å². The molecule has 0 saturated carbocycles. The van der Waals surface area contributed by atoms with Crippen LogP contribution in [0, 0.1) is 0 Å². The van der Waals surface area contributed by atoms with E-state index in [0.29, 0.717) is 18.0 Å². The molecule has 1 N–H and O–H groups in total. The van der Waals surface area contributed by atoms with Crippen LogP contribution in [0.15, 0.2) is 30.9 Å². The van der Waals surface area contributed by atoms with E-state index in [-0.39, 0.29) is 24.2 Å². The maximum absolute atomic E-state index is 11.9. The van der Waals surface area contributed by atoms with Gasteiger partial charge in [0, 0.05) is 6.54 Å². The third kappa shape index (κ3) is 5.47. The van der Waals surface area contributed by atoms with E-state index in [0.717, 1.165) is 0 Å². The van der Waals surface area contributed by atoms with Crippen LogP contribution in [-0.2, 0) is 9.53 Å². The molecule has 0 unspecified atom stereocenters. The average Bonchev–Trinajstić information content (AvgIpc) is 2.50. The normalized spacial score (nSPS) is 10.0. The molecule has 1 rings (SSSR count). The Bertz CT molecular complexity index is 539. The van der Waals surface area contributed by atoms with Crippen LogP contribution in [0.5, 0.6) is 11.5 Å². The lowest BCUT2D eigenvalue weighted by Crippen LogP contribution is -2.28. The van der Waals surface area contributed by atoms with Gasteiger partial charge in [0.2, 0.25) is 0 Å². The van der Waals surface area contributed by atoms with Gasteiger partial charge in [0.25, 0.3) is 5.91 Å². The van der Waals surface area contributed by atoms with Crippen LogP contribution in [0.25, 0.3) is 0 Å². The second-order valence-corrected chi connectivity index (χ2v) is 4.70. The fourth-order valence-electron chi connectivity index (χ4n) is 1.60. The maximum atomic E-state index is 11.9. The number of nitrogens with one attached hydrogen (secondary N) is 1. The van der Waals surface area contributed by atoms with Crippen LogP contribution in [0.1, 0.15) is 24.2 Å². The molecule has 0 fully saturated rings. The lowest BCUT2D eigenvalue weighted by atomic mass is 10.2. The Labute approximate surface area is 130 Å². The number of carbonyl (C=O) groups excluding carboxylic acids is 2. The van der Waals surface area contributed by atoms with Crippen LogP contribution in [0.3, 0.4) is 0 Å². The van der Waals surface area contributed by atoms with Crippen LogP contribution in [0.4, 0.5) is 0 Å². The Morgan fingerprint density at radius 2 is 2.05 bits per heavy atom. The number of hydrogen-bond donors (Lipinski definition) is 1. The molecule has 1 aromatic carbocycles. The second kappa shape index (κ2) is 8.71. The molecule has 0 aliphatic heterocycles. The summed E-state index contributed by atoms with van der Waals surface area (Å²) in [6.07, 6.45) is 1.53. The first-order valence-electron chi connectivity index (χ1n) is 6.87. The van der Waals surface area contributed by atoms with E-state index < -0.39 is 5.97 Å². The fourth-order valence-corrected chi connectivity index (χ4v) is 1.60. The molecule has 0 radical (unpaired) electrons. The van der Waals surface area contributed by atoms with Gasteiger partial charge in [-0.15, -0.1) is 6.58 Å². The monoisotopic (exact) mass is 307 g/mol. The Morgan fingerprint density at radius 3 is 2.64 bits per heavy atom. The van der Waals surface area contributed by atoms with Crippen molar-refractivity contribution in [3.8, 4) is 11.5 Å². The van der Waals surface area contributed by atoms with Crippen molar-refractivity contribution in [3.05, 3.63) is 36.4 Å². The summed E-state index contributed by atoms with van der Waals surface area (Å²) in [6.45, 7) is 7.24. The van der Waals surface area contributed by atoms with Gasteiger partial charge in [0.15, 0.2) is 18.1 Å². The molecule has 1 aromatic rings. The maximum Gasteiger partial charge on any atom is 0.338 e. The van der Waals surface area contributed by atoms with Crippen molar-refractivity contribution in [2.75, 3.05) is 20.3 Å². The van der Waals surface area contributed by atoms with Crippen molar-refractivity contribution in [3.63, 3.8) is 0 Å². The SMILES string of the molecule is C=CCNC(=O)COC(=O)c1ccc(OC(C)C)c(OC)c1. The fraction of sp³-hybridized carbons (Fsp3) is 0.375. The molecule has 0 aliphatic carbocycles. The molecule has 22 heavy (non-hydrogen) atoms. The van der Waals surface area contributed by atoms with Gasteiger partial charge >= 0.3 is 5.97 Å². The molecule has 120 valence electrons. The number of rotatable bonds is 8. The first-order valence-corrected chi connectivity index (χ1v) is 6.87. The van der Waals surface area contributed by atoms with Crippen LogP contribution in [0.2, 0.25) is 0 Å². The quantitative estimate of drug-likeness (QED) is 0.587. The van der Waals surface area contributed by atoms with Gasteiger partial charge in [-0.3, -0.25) is 4.79 Å². The molecule has 0 aromatic heterocycles. The number of carbonyl (C=O) groups is 2. The number of amides is 1. The molecule has 0 bridgehead atoms. The van der Waals surface area contributed by atoms with Crippen LogP contribution >= 0.6 is 0 Å². The number of hydrogen-bond acceptors (Lipinski definition) is 5. The van der Waals surface area contributed by atoms with Crippen molar-refractivity contribution in [1.29, 1.82) is 0 Å². The van der Waals surface area contributed by atoms with Gasteiger partial charge in [-0.05, 0) is 32.0 Å². The third-order valence-electron chi connectivity index (χ3n) is 2.54. The van der Waals surface area contributed by atoms with Gasteiger partial charge in [0.05, 0.1) is 18.8 Å². The van der Waals surface area contributed by atoms with Gasteiger partial charge in [-0.1, -0.05) is 6.08 Å². The molecular weight excluding hydrogens is 286 g/mol. The van der Waals surface area contributed by atoms with E-state index in [9.17, 15) is 9.59 Å². The first kappa shape index (κ1) is 17.6. The lowest BCUT2D eigenvalue weighted by molar-refractivity contribution is -0.124. The molecule has 0 atom stereocenters. The topological polar surface area (TPSA) is 73.9 Å². The zero-order valence-corrected chi connectivity index (χ0v) is 13.0. The van der Waals surface area contributed by atoms with Crippen molar-refractivity contribution in [2.45, 2.75) is 20.0 Å². The molecule has 0 heterocycles. The molecular formula is C16H21NO5. The standard InChI is InChI=1S/C16H21NO5/c1-5-8-17-15(18)10-21-16(19)12-6-7-13(22-11(2)3)14(9-12)20-4/h5-7,9,11H,1,8,10H2,2-4H3,(H,17,18). The van der Waals surface area contributed by atoms with Gasteiger partial charge < -0.3 is 19.5 Å². The highest BCUT2D eigenvalue weighted by Crippen LogP contribution is 2.29. The van der Waals surface area contributed by atoms with Gasteiger partial charge in [0.1, 0.15) is 0 Å². The second-order valence-electron chi connectivity index (χ2n) is 4.70. The summed E-state index contributed by atoms with van der Waals surface area (Å²) in [6, 6.07) is 4.71. The van der Waals surface area contributed by atoms with Crippen molar-refractivity contribution >= 4 is 11.9 Å². The Kier molecular flexibility index (Phi) is 6.95. The van der Waals surface area contributed by atoms with E-state index >= 15 is 0 Å². The number of ether oxygens (including phenoxy) is 3. The highest BCUT2D eigenvalue weighted by atomic mass is 16.5. The predicted molar refractivity (Wildman–Crippen MR) is 82.2 cm³/mol. The molecule has 6 heteroatoms. The zero-order valence-electron chi connectivity index (χ0n) is 13.0. The summed E-state index contributed by atoms with van der Waals surface area (Å²) in [7, 11) is 1.49. The molecule has 0 saturated heterocycles. The minimum absolute atomic E-state index is 0.0137. The zero-order chi connectivity index (χ0) is 16.5. The molecule has 1 amide bonds. The predicted octanol–water partition coefficient (Wildman–Crippen LogP) is 1.94. The van der Waals surface area contributed by atoms with E-state index in [2.05, 4.69) is 11.9 Å². The Balaban J connectivity index is 2.69. The minimum Gasteiger partial charge on any atom is -0.493 e. The van der Waals surface area contributed by atoms with E-state index in [1.807, 2.05) is 13.8 Å². The van der Waals surface area contributed by atoms with Gasteiger partial charge in [-0.25, -0.2) is 4.79 Å². The van der Waals surface area contributed by atoms with Crippen LogP contribution < -0.4 is 14.8 Å². The van der Waals surface area contributed by atoms with Crippen LogP contribution in [-0.4, -0.2) is 38.2 Å². The number of esters is 1. The number of methoxy groups -OCH3 is 1. The Hall–Kier alpha value is -2.50. The summed E-state index contributed by atoms with van der Waals surface area (Å²) < 4.78 is 15.7. The summed E-state index contributed by atoms with van der Waals surface area (Å²) >= 11 is 0. The van der Waals surface area contributed by atoms with E-state index in [1.165, 1.54) is 19.3 Å². The van der Waals surface area contributed by atoms with Crippen molar-refractivity contribution in [2.24, 2.45) is 0 Å². The van der Waals surface area contributed by atoms with Crippen molar-refractivity contribution in [1.82, 2.24) is 5.32 Å². The Morgan fingerprint density at radius 1 is 1.32 bits per heavy atom. The van der Waals surface area contributed by atoms with E-state index in [4.69, 9.17) is 14.2 Å². The summed E-state index contributed by atoms with van der Waals surface area (Å²) in [5, 5.41) is 2.51. The average molecular weight is 307 g/mol. The molecule has 6 nitrogen and oxygen atoms in total. The lowest BCUT2D eigenvalue weighted by Gasteiger charge is -2.14. The molecule has 0 spiro atoms. The minimum atomic E-state index is -0.608. The largest absolute Gasteiger partial charge is 0.493 e. The summed E-state index contributed by atoms with van der Waals surface area (Å²) in [5.41, 5.74) is 0.282. The highest BCUT2D eigenvalue weighted by molar-refractivity contribution is 5.92. The third-order valence-corrected chi connectivity index (χ3v) is 2.54. The highest BCUT2D eigenvalue weighted by Gasteiger charge is 2.14. The van der Waals surface area contributed by atoms with Crippen molar-refractivity contribution < 1.29 is 23.8 Å². The number of benzene rings is 1.